The minimum atomic E-state index is -0.244. The van der Waals surface area contributed by atoms with Gasteiger partial charge >= 0.3 is 0 Å². The molecule has 0 saturated carbocycles. The molecule has 0 heterocycles. The topological polar surface area (TPSA) is 0 Å². The summed E-state index contributed by atoms with van der Waals surface area (Å²) in [5, 5.41) is 0. The number of rotatable bonds is 0. The zero-order valence-electron chi connectivity index (χ0n) is 4.27. The van der Waals surface area contributed by atoms with Crippen molar-refractivity contribution in [3.05, 3.63) is 8.96 Å². The van der Waals surface area contributed by atoms with Gasteiger partial charge in [-0.15, -0.1) is 0 Å². The second-order valence-corrected chi connectivity index (χ2v) is 10.2. The van der Waals surface area contributed by atoms with Gasteiger partial charge in [0.1, 0.15) is 6.47 Å². The third-order valence-electron chi connectivity index (χ3n) is 1.14. The van der Waals surface area contributed by atoms with Crippen molar-refractivity contribution in [3.63, 3.8) is 0 Å². The molecule has 6 heteroatoms. The lowest BCUT2D eigenvalue weighted by Crippen LogP contribution is -2.44. The van der Waals surface area contributed by atoms with Gasteiger partial charge in [0, 0.05) is 8.96 Å². The molecule has 0 spiro atoms. The average Bonchev–Trinajstić information content (AvgIpc) is 1.84. The number of hydrogen-bond donors (Lipinski definition) is 0. The van der Waals surface area contributed by atoms with Gasteiger partial charge in [-0.1, -0.05) is 95.6 Å². The summed E-state index contributed by atoms with van der Waals surface area (Å²) >= 11 is 20.7. The Kier molecular flexibility index (Phi) is 3.30. The van der Waals surface area contributed by atoms with E-state index in [-0.39, 0.29) is 6.47 Å². The van der Waals surface area contributed by atoms with Crippen LogP contribution in [-0.2, 0) is 0 Å². The van der Waals surface area contributed by atoms with Crippen LogP contribution in [-0.4, -0.2) is 6.47 Å². The van der Waals surface area contributed by atoms with Crippen molar-refractivity contribution in [2.75, 3.05) is 0 Å². The van der Waals surface area contributed by atoms with Gasteiger partial charge in [-0.25, -0.2) is 0 Å². The van der Waals surface area contributed by atoms with Gasteiger partial charge < -0.3 is 0 Å². The van der Waals surface area contributed by atoms with Gasteiger partial charge in [0.15, 0.2) is 0 Å². The first-order chi connectivity index (χ1) is 4.32. The minimum Gasteiger partial charge on any atom is -0.0639 e. The van der Waals surface area contributed by atoms with E-state index < -0.39 is 0 Å². The smallest absolute Gasteiger partial charge is 0.0639 e. The van der Waals surface area contributed by atoms with Crippen LogP contribution in [0.2, 0.25) is 0 Å². The molecule has 0 nitrogen and oxygen atoms in total. The maximum atomic E-state index is 3.48. The van der Waals surface area contributed by atoms with Crippen LogP contribution in [0.5, 0.6) is 0 Å². The van der Waals surface area contributed by atoms with Gasteiger partial charge in [-0.3, -0.25) is 0 Å². The van der Waals surface area contributed by atoms with E-state index in [9.17, 15) is 0 Å². The second kappa shape index (κ2) is 3.08. The highest BCUT2D eigenvalue weighted by atomic mass is 79.9. The molecule has 0 aliphatic heterocycles. The summed E-state index contributed by atoms with van der Waals surface area (Å²) in [6, 6.07) is 0. The molecule has 0 aromatic rings. The number of hydrogen-bond acceptors (Lipinski definition) is 0. The Labute approximate surface area is 109 Å². The molecule has 0 amide bonds. The minimum absolute atomic E-state index is 0.244. The Morgan fingerprint density at radius 1 is 0.700 bits per heavy atom. The summed E-state index contributed by atoms with van der Waals surface area (Å²) in [6.07, 6.45) is 0. The third-order valence-corrected chi connectivity index (χ3v) is 11.9. The highest BCUT2D eigenvalue weighted by molar-refractivity contribution is 9.32. The molecular weight excluding hydrogens is 527 g/mol. The summed E-state index contributed by atoms with van der Waals surface area (Å²) in [5.41, 5.74) is 0. The monoisotopic (exact) mass is 522 g/mol. The van der Waals surface area contributed by atoms with E-state index in [2.05, 4.69) is 95.6 Å². The van der Waals surface area contributed by atoms with Crippen molar-refractivity contribution < 1.29 is 0 Å². The molecule has 0 N–H and O–H groups in total. The first kappa shape index (κ1) is 10.7. The van der Waals surface area contributed by atoms with Crippen LogP contribution in [0.3, 0.4) is 0 Å². The summed E-state index contributed by atoms with van der Waals surface area (Å²) in [5.74, 6) is 0. The predicted molar refractivity (Wildman–Crippen MR) is 66.0 cm³/mol. The molecule has 1 aliphatic carbocycles. The quantitative estimate of drug-likeness (QED) is 0.391. The summed E-state index contributed by atoms with van der Waals surface area (Å²) in [6.45, 7) is 0. The normalized spacial score (nSPS) is 28.2. The summed E-state index contributed by atoms with van der Waals surface area (Å²) in [4.78, 5) is 0. The highest BCUT2D eigenvalue weighted by Gasteiger charge is 2.59. The maximum absolute atomic E-state index is 3.48. The van der Waals surface area contributed by atoms with Gasteiger partial charge in [-0.05, 0) is 0 Å². The zero-order valence-corrected chi connectivity index (χ0v) is 13.8. The fraction of sp³-hybridized carbons (Fsp3) is 0.500. The first-order valence-electron chi connectivity index (χ1n) is 2.13. The van der Waals surface area contributed by atoms with E-state index in [1.165, 1.54) is 0 Å². The summed E-state index contributed by atoms with van der Waals surface area (Å²) < 4.78 is 1.61. The maximum Gasteiger partial charge on any atom is 0.142 e. The van der Waals surface area contributed by atoms with Crippen LogP contribution in [0.4, 0.5) is 0 Å². The predicted octanol–water partition coefficient (Wildman–Crippen LogP) is 4.97. The van der Waals surface area contributed by atoms with E-state index in [1.807, 2.05) is 0 Å². The SMILES string of the molecule is BrC1=C(Br)C(Br)(Br)C1(Br)Br. The van der Waals surface area contributed by atoms with Gasteiger partial charge in [-0.2, -0.15) is 0 Å². The van der Waals surface area contributed by atoms with E-state index in [1.54, 1.807) is 0 Å². The van der Waals surface area contributed by atoms with Crippen LogP contribution in [0.15, 0.2) is 8.96 Å². The Balaban J connectivity index is 3.10. The Morgan fingerprint density at radius 2 is 0.900 bits per heavy atom. The second-order valence-electron chi connectivity index (χ2n) is 1.78. The van der Waals surface area contributed by atoms with Crippen molar-refractivity contribution in [2.45, 2.75) is 6.47 Å². The molecule has 1 aliphatic rings. The number of alkyl halides is 4. The Hall–Kier alpha value is 2.62. The summed E-state index contributed by atoms with van der Waals surface area (Å²) in [7, 11) is 0. The lowest BCUT2D eigenvalue weighted by Gasteiger charge is -2.44. The van der Waals surface area contributed by atoms with Crippen LogP contribution in [0.25, 0.3) is 0 Å². The molecule has 0 radical (unpaired) electrons. The fourth-order valence-electron chi connectivity index (χ4n) is 0.489. The van der Waals surface area contributed by atoms with Crippen molar-refractivity contribution in [1.29, 1.82) is 0 Å². The third kappa shape index (κ3) is 1.29. The molecule has 0 aromatic carbocycles. The average molecular weight is 527 g/mol. The molecule has 10 heavy (non-hydrogen) atoms. The van der Waals surface area contributed by atoms with Gasteiger partial charge in [0.05, 0.1) is 0 Å². The van der Waals surface area contributed by atoms with Crippen LogP contribution in [0.1, 0.15) is 0 Å². The molecule has 0 fully saturated rings. The van der Waals surface area contributed by atoms with Gasteiger partial charge in [0.2, 0.25) is 0 Å². The molecule has 0 aromatic heterocycles. The molecular formula is C4Br6. The molecule has 58 valence electrons. The fourth-order valence-corrected chi connectivity index (χ4v) is 5.39. The highest BCUT2D eigenvalue weighted by Crippen LogP contribution is 2.68. The van der Waals surface area contributed by atoms with Crippen molar-refractivity contribution in [1.82, 2.24) is 0 Å². The van der Waals surface area contributed by atoms with Crippen LogP contribution >= 0.6 is 95.6 Å². The van der Waals surface area contributed by atoms with Crippen molar-refractivity contribution in [3.8, 4) is 0 Å². The number of halogens is 6. The lowest BCUT2D eigenvalue weighted by atomic mass is 10.1. The first-order valence-corrected chi connectivity index (χ1v) is 6.89. The standard InChI is InChI=1S/C4Br6/c5-1-2(6)4(9,10)3(1,7)8. The van der Waals surface area contributed by atoms with E-state index >= 15 is 0 Å². The zero-order chi connectivity index (χ0) is 8.15. The number of allylic oxidation sites excluding steroid dienone is 2. The van der Waals surface area contributed by atoms with Gasteiger partial charge in [0.25, 0.3) is 0 Å². The molecule has 1 rings (SSSR count). The molecule has 0 bridgehead atoms. The largest absolute Gasteiger partial charge is 0.142 e. The van der Waals surface area contributed by atoms with E-state index in [4.69, 9.17) is 0 Å². The molecule has 0 unspecified atom stereocenters. The Bertz CT molecular complexity index is 180. The van der Waals surface area contributed by atoms with E-state index in [0.29, 0.717) is 0 Å². The van der Waals surface area contributed by atoms with Crippen LogP contribution in [0, 0.1) is 0 Å². The Morgan fingerprint density at radius 3 is 1.00 bits per heavy atom. The van der Waals surface area contributed by atoms with E-state index in [0.717, 1.165) is 8.96 Å². The van der Waals surface area contributed by atoms with Crippen LogP contribution < -0.4 is 0 Å². The lowest BCUT2D eigenvalue weighted by molar-refractivity contribution is 0.916. The molecule has 0 atom stereocenters. The van der Waals surface area contributed by atoms with Crippen molar-refractivity contribution in [2.24, 2.45) is 0 Å². The molecule has 0 saturated heterocycles. The van der Waals surface area contributed by atoms with Crippen molar-refractivity contribution >= 4 is 95.6 Å².